The first-order valence-corrected chi connectivity index (χ1v) is 6.91. The Kier molecular flexibility index (Phi) is 4.87. The van der Waals surface area contributed by atoms with Gasteiger partial charge in [-0.25, -0.2) is 8.78 Å². The molecule has 1 aromatic rings. The van der Waals surface area contributed by atoms with E-state index < -0.39 is 11.3 Å². The maximum absolute atomic E-state index is 13.0. The van der Waals surface area contributed by atoms with Crippen molar-refractivity contribution in [1.29, 1.82) is 0 Å². The zero-order valence-corrected chi connectivity index (χ0v) is 11.1. The SMILES string of the molecule is O=[N+]([O-])c1ccc(NC2CCCCCC2)c(C(F)F)c1. The number of hydrogen-bond donors (Lipinski definition) is 1. The fourth-order valence-electron chi connectivity index (χ4n) is 2.62. The van der Waals surface area contributed by atoms with Crippen LogP contribution in [0.15, 0.2) is 18.2 Å². The summed E-state index contributed by atoms with van der Waals surface area (Å²) in [6.45, 7) is 0. The lowest BCUT2D eigenvalue weighted by Crippen LogP contribution is -2.19. The number of non-ortho nitro benzene ring substituents is 1. The second-order valence-corrected chi connectivity index (χ2v) is 5.16. The van der Waals surface area contributed by atoms with Crippen LogP contribution < -0.4 is 5.32 Å². The molecule has 0 amide bonds. The van der Waals surface area contributed by atoms with Gasteiger partial charge in [0.15, 0.2) is 0 Å². The molecule has 0 saturated heterocycles. The van der Waals surface area contributed by atoms with Gasteiger partial charge in [0.1, 0.15) is 0 Å². The first kappa shape index (κ1) is 14.7. The van der Waals surface area contributed by atoms with Crippen LogP contribution in [-0.2, 0) is 0 Å². The highest BCUT2D eigenvalue weighted by Crippen LogP contribution is 2.32. The van der Waals surface area contributed by atoms with Gasteiger partial charge < -0.3 is 5.32 Å². The molecular weight excluding hydrogens is 266 g/mol. The molecule has 1 aromatic carbocycles. The summed E-state index contributed by atoms with van der Waals surface area (Å²) in [5.41, 5.74) is -0.271. The molecule has 1 aliphatic carbocycles. The van der Waals surface area contributed by atoms with Crippen LogP contribution in [0.4, 0.5) is 20.2 Å². The summed E-state index contributed by atoms with van der Waals surface area (Å²) in [4.78, 5) is 10.0. The molecule has 1 aliphatic rings. The van der Waals surface area contributed by atoms with Gasteiger partial charge in [0.05, 0.1) is 4.92 Å². The fourth-order valence-corrected chi connectivity index (χ4v) is 2.62. The highest BCUT2D eigenvalue weighted by atomic mass is 19.3. The third-order valence-corrected chi connectivity index (χ3v) is 3.70. The highest BCUT2D eigenvalue weighted by Gasteiger charge is 2.20. The number of nitro benzene ring substituents is 1. The third-order valence-electron chi connectivity index (χ3n) is 3.70. The summed E-state index contributed by atoms with van der Waals surface area (Å²) >= 11 is 0. The van der Waals surface area contributed by atoms with Crippen molar-refractivity contribution in [2.24, 2.45) is 0 Å². The predicted molar refractivity (Wildman–Crippen MR) is 73.2 cm³/mol. The van der Waals surface area contributed by atoms with E-state index in [9.17, 15) is 18.9 Å². The Balaban J connectivity index is 2.19. The van der Waals surface area contributed by atoms with Gasteiger partial charge in [0.25, 0.3) is 12.1 Å². The fraction of sp³-hybridized carbons (Fsp3) is 0.571. The predicted octanol–water partition coefficient (Wildman–Crippen LogP) is 4.67. The molecule has 1 N–H and O–H groups in total. The molecule has 0 unspecified atom stereocenters. The van der Waals surface area contributed by atoms with Crippen LogP contribution in [-0.4, -0.2) is 11.0 Å². The van der Waals surface area contributed by atoms with Gasteiger partial charge in [-0.2, -0.15) is 0 Å². The lowest BCUT2D eigenvalue weighted by Gasteiger charge is -2.19. The minimum absolute atomic E-state index is 0.177. The largest absolute Gasteiger partial charge is 0.382 e. The quantitative estimate of drug-likeness (QED) is 0.496. The molecule has 6 heteroatoms. The molecule has 0 heterocycles. The zero-order valence-electron chi connectivity index (χ0n) is 11.1. The number of anilines is 1. The van der Waals surface area contributed by atoms with Crippen LogP contribution >= 0.6 is 0 Å². The first-order valence-electron chi connectivity index (χ1n) is 6.91. The van der Waals surface area contributed by atoms with Crippen molar-refractivity contribution < 1.29 is 13.7 Å². The van der Waals surface area contributed by atoms with Crippen LogP contribution in [0.2, 0.25) is 0 Å². The Morgan fingerprint density at radius 2 is 1.85 bits per heavy atom. The van der Waals surface area contributed by atoms with Crippen molar-refractivity contribution in [2.45, 2.75) is 51.0 Å². The normalized spacial score (nSPS) is 16.9. The van der Waals surface area contributed by atoms with Gasteiger partial charge >= 0.3 is 0 Å². The van der Waals surface area contributed by atoms with Crippen molar-refractivity contribution in [3.63, 3.8) is 0 Å². The van der Waals surface area contributed by atoms with Crippen LogP contribution in [0.3, 0.4) is 0 Å². The average molecular weight is 284 g/mol. The topological polar surface area (TPSA) is 55.2 Å². The average Bonchev–Trinajstić information content (AvgIpc) is 2.67. The number of halogens is 2. The van der Waals surface area contributed by atoms with Crippen LogP contribution in [0.1, 0.15) is 50.5 Å². The van der Waals surface area contributed by atoms with Crippen LogP contribution in [0, 0.1) is 10.1 Å². The molecule has 0 spiro atoms. The lowest BCUT2D eigenvalue weighted by molar-refractivity contribution is -0.385. The minimum Gasteiger partial charge on any atom is -0.382 e. The van der Waals surface area contributed by atoms with Gasteiger partial charge in [0, 0.05) is 29.4 Å². The number of alkyl halides is 2. The molecule has 2 rings (SSSR count). The van der Waals surface area contributed by atoms with Gasteiger partial charge in [-0.15, -0.1) is 0 Å². The van der Waals surface area contributed by atoms with Crippen LogP contribution in [0.5, 0.6) is 0 Å². The van der Waals surface area contributed by atoms with E-state index in [2.05, 4.69) is 5.32 Å². The highest BCUT2D eigenvalue weighted by molar-refractivity contribution is 5.57. The molecule has 0 atom stereocenters. The van der Waals surface area contributed by atoms with Gasteiger partial charge in [-0.05, 0) is 18.9 Å². The molecule has 0 aromatic heterocycles. The summed E-state index contributed by atoms with van der Waals surface area (Å²) in [5.74, 6) is 0. The maximum atomic E-state index is 13.0. The molecule has 1 saturated carbocycles. The van der Waals surface area contributed by atoms with E-state index in [0.717, 1.165) is 31.7 Å². The third kappa shape index (κ3) is 3.65. The molecular formula is C14H18F2N2O2. The number of hydrogen-bond acceptors (Lipinski definition) is 3. The minimum atomic E-state index is -2.72. The summed E-state index contributed by atoms with van der Waals surface area (Å²) < 4.78 is 26.1. The van der Waals surface area contributed by atoms with Crippen molar-refractivity contribution in [2.75, 3.05) is 5.32 Å². The Morgan fingerprint density at radius 3 is 2.40 bits per heavy atom. The number of nitro groups is 1. The van der Waals surface area contributed by atoms with E-state index >= 15 is 0 Å². The van der Waals surface area contributed by atoms with E-state index in [1.165, 1.54) is 25.0 Å². The van der Waals surface area contributed by atoms with Gasteiger partial charge in [-0.1, -0.05) is 25.7 Å². The van der Waals surface area contributed by atoms with Gasteiger partial charge in [-0.3, -0.25) is 10.1 Å². The number of rotatable bonds is 4. The monoisotopic (exact) mass is 284 g/mol. The zero-order chi connectivity index (χ0) is 14.5. The van der Waals surface area contributed by atoms with E-state index in [1.807, 2.05) is 0 Å². The maximum Gasteiger partial charge on any atom is 0.270 e. The summed E-state index contributed by atoms with van der Waals surface area (Å²) in [6.07, 6.45) is 3.74. The summed E-state index contributed by atoms with van der Waals surface area (Å²) in [6, 6.07) is 3.80. The first-order chi connectivity index (χ1) is 9.58. The Hall–Kier alpha value is -1.72. The second kappa shape index (κ2) is 6.63. The Bertz CT molecular complexity index is 472. The van der Waals surface area contributed by atoms with Crippen molar-refractivity contribution >= 4 is 11.4 Å². The molecule has 0 radical (unpaired) electrons. The van der Waals surface area contributed by atoms with Crippen molar-refractivity contribution in [3.8, 4) is 0 Å². The Labute approximate surface area is 116 Å². The number of nitrogens with one attached hydrogen (secondary N) is 1. The molecule has 4 nitrogen and oxygen atoms in total. The van der Waals surface area contributed by atoms with E-state index in [-0.39, 0.29) is 17.3 Å². The van der Waals surface area contributed by atoms with E-state index in [4.69, 9.17) is 0 Å². The van der Waals surface area contributed by atoms with E-state index in [0.29, 0.717) is 5.69 Å². The molecule has 1 fully saturated rings. The second-order valence-electron chi connectivity index (χ2n) is 5.16. The molecule has 20 heavy (non-hydrogen) atoms. The molecule has 0 aliphatic heterocycles. The van der Waals surface area contributed by atoms with Gasteiger partial charge in [0.2, 0.25) is 0 Å². The van der Waals surface area contributed by atoms with Crippen LogP contribution in [0.25, 0.3) is 0 Å². The lowest BCUT2D eigenvalue weighted by atomic mass is 10.1. The summed E-state index contributed by atoms with van der Waals surface area (Å²) in [7, 11) is 0. The smallest absolute Gasteiger partial charge is 0.270 e. The van der Waals surface area contributed by atoms with Crippen molar-refractivity contribution in [3.05, 3.63) is 33.9 Å². The standard InChI is InChI=1S/C14H18F2N2O2/c15-14(16)12-9-11(18(19)20)7-8-13(12)17-10-5-3-1-2-4-6-10/h7-10,14,17H,1-6H2. The summed E-state index contributed by atoms with van der Waals surface area (Å²) in [5, 5.41) is 13.8. The van der Waals surface area contributed by atoms with Crippen molar-refractivity contribution in [1.82, 2.24) is 0 Å². The molecule has 0 bridgehead atoms. The van der Waals surface area contributed by atoms with E-state index in [1.54, 1.807) is 0 Å². The Morgan fingerprint density at radius 1 is 1.20 bits per heavy atom. The number of benzene rings is 1. The number of nitrogens with zero attached hydrogens (tertiary/aromatic N) is 1. The molecule has 110 valence electrons.